The Labute approximate surface area is 462 Å². The monoisotopic (exact) mass is 1140 g/mol. The Bertz CT molecular complexity index is 2680. The van der Waals surface area contributed by atoms with Crippen molar-refractivity contribution in [1.82, 2.24) is 14.8 Å². The number of carbonyl (C=O) groups excluding carboxylic acids is 3. The minimum absolute atomic E-state index is 0.00427. The maximum absolute atomic E-state index is 14.7. The molecule has 5 rings (SSSR count). The molecule has 1 aromatic heterocycles. The zero-order valence-electron chi connectivity index (χ0n) is 46.6. The van der Waals surface area contributed by atoms with Crippen LogP contribution in [0.15, 0.2) is 71.9 Å². The summed E-state index contributed by atoms with van der Waals surface area (Å²) in [5, 5.41) is 26.2. The lowest BCUT2D eigenvalue weighted by atomic mass is 10.1. The van der Waals surface area contributed by atoms with Crippen molar-refractivity contribution in [2.45, 2.75) is 126 Å². The number of methoxy groups -OCH3 is 2. The van der Waals surface area contributed by atoms with Crippen molar-refractivity contribution in [2.75, 3.05) is 71.0 Å². The molecule has 0 saturated carbocycles. The Morgan fingerprint density at radius 3 is 1.70 bits per heavy atom. The Kier molecular flexibility index (Phi) is 21.1. The minimum atomic E-state index is -2.20. The second kappa shape index (κ2) is 26.2. The standard InChI is InChI=1S/C53H76N6O14S2Si2/c1-33-22-36(31-72-76(12,13)52(4,5)6)57(28-33)48(60)38-24-43(67-10)45(26-40(38)55-50(62)63)69-20-17-21-70-46-27-41(56-51(64)71-30-35(3)74-75-47-42(59(65)66)18-16-19-54-47)39(25-44(46)68-11)49(61)58-29-34(2)23-37(58)32-73-77(14,15)53(7,8)9/h16,18-19,24-27,35-37,55H,1-2,17,20-23,28-32H2,3-15H3,(H,56,64)(H,62,63)/t35-,36+,37+/m1/s1. The number of amides is 4. The van der Waals surface area contributed by atoms with Gasteiger partial charge in [-0.2, -0.15) is 0 Å². The van der Waals surface area contributed by atoms with Crippen molar-refractivity contribution in [3.63, 3.8) is 0 Å². The van der Waals surface area contributed by atoms with Crippen molar-refractivity contribution in [1.29, 1.82) is 0 Å². The van der Waals surface area contributed by atoms with E-state index in [0.29, 0.717) is 26.1 Å². The highest BCUT2D eigenvalue weighted by atomic mass is 33.1. The molecule has 3 N–H and O–H groups in total. The quantitative estimate of drug-likeness (QED) is 0.0189. The lowest BCUT2D eigenvalue weighted by Crippen LogP contribution is -2.46. The number of nitrogens with one attached hydrogen (secondary N) is 2. The predicted octanol–water partition coefficient (Wildman–Crippen LogP) is 11.9. The van der Waals surface area contributed by atoms with Crippen LogP contribution < -0.4 is 29.6 Å². The molecule has 20 nitrogen and oxygen atoms in total. The van der Waals surface area contributed by atoms with E-state index in [4.69, 9.17) is 32.5 Å². The third-order valence-corrected chi connectivity index (χ3v) is 25.9. The molecular weight excluding hydrogens is 1060 g/mol. The average molecular weight is 1140 g/mol. The summed E-state index contributed by atoms with van der Waals surface area (Å²) in [7, 11) is 0.829. The SMILES string of the molecule is C=C1C[C@@H](CO[Si](C)(C)C(C)(C)C)N(C(=O)c2cc(OC)c(OCCCOc3cc(NC(=O)OC[C@@H](C)SSc4ncccc4[N+](=O)[O-])c(C(=O)N4CC(=C)C[C@H]4CO[Si](C)(C)C(C)(C)C)cc3OC)cc2NC(=O)O)C1. The summed E-state index contributed by atoms with van der Waals surface area (Å²) >= 11 is 0. The third kappa shape index (κ3) is 16.4. The highest BCUT2D eigenvalue weighted by Crippen LogP contribution is 2.42. The van der Waals surface area contributed by atoms with Crippen molar-refractivity contribution in [3.8, 4) is 23.0 Å². The van der Waals surface area contributed by atoms with Gasteiger partial charge in [-0.05, 0) is 85.0 Å². The van der Waals surface area contributed by atoms with Gasteiger partial charge in [-0.3, -0.25) is 30.3 Å². The Morgan fingerprint density at radius 2 is 1.27 bits per heavy atom. The number of nitro groups is 1. The first-order valence-corrected chi connectivity index (χ1v) is 33.3. The van der Waals surface area contributed by atoms with Crippen LogP contribution in [-0.2, 0) is 13.6 Å². The van der Waals surface area contributed by atoms with E-state index in [1.54, 1.807) is 16.7 Å². The summed E-state index contributed by atoms with van der Waals surface area (Å²) in [6.07, 6.45) is 0.573. The number of aromatic nitrogens is 1. The molecule has 422 valence electrons. The molecule has 2 saturated heterocycles. The van der Waals surface area contributed by atoms with Crippen LogP contribution in [0.25, 0.3) is 0 Å². The van der Waals surface area contributed by atoms with Crippen LogP contribution >= 0.6 is 21.6 Å². The first-order valence-electron chi connectivity index (χ1n) is 25.3. The number of carboxylic acid groups (broad SMARTS) is 1. The maximum Gasteiger partial charge on any atom is 0.411 e. The fourth-order valence-corrected chi connectivity index (χ4v) is 11.8. The van der Waals surface area contributed by atoms with Gasteiger partial charge < -0.3 is 47.4 Å². The Hall–Kier alpha value is -5.80. The van der Waals surface area contributed by atoms with Crippen LogP contribution in [0.4, 0.5) is 26.7 Å². The zero-order chi connectivity index (χ0) is 57.2. The number of likely N-dealkylation sites (tertiary alicyclic amines) is 2. The number of pyridine rings is 1. The van der Waals surface area contributed by atoms with E-state index in [9.17, 15) is 34.4 Å². The second-order valence-electron chi connectivity index (χ2n) is 22.1. The fraction of sp³-hybridized carbons (Fsp3) is 0.528. The van der Waals surface area contributed by atoms with Gasteiger partial charge in [0.05, 0.1) is 80.2 Å². The first-order chi connectivity index (χ1) is 36.0. The molecule has 0 bridgehead atoms. The molecule has 3 heterocycles. The lowest BCUT2D eigenvalue weighted by Gasteiger charge is -2.38. The third-order valence-electron chi connectivity index (χ3n) is 14.2. The van der Waals surface area contributed by atoms with Crippen molar-refractivity contribution >= 4 is 79.3 Å². The number of rotatable bonds is 24. The number of nitrogens with zero attached hydrogens (tertiary/aromatic N) is 4. The molecule has 3 aromatic rings. The van der Waals surface area contributed by atoms with Crippen LogP contribution in [-0.4, -0.2) is 143 Å². The maximum atomic E-state index is 14.7. The summed E-state index contributed by atoms with van der Waals surface area (Å²) in [6.45, 7) is 32.8. The van der Waals surface area contributed by atoms with Crippen LogP contribution in [0.2, 0.25) is 36.3 Å². The van der Waals surface area contributed by atoms with Crippen molar-refractivity contribution in [3.05, 3.63) is 88.1 Å². The van der Waals surface area contributed by atoms with Gasteiger partial charge >= 0.3 is 17.9 Å². The van der Waals surface area contributed by atoms with Gasteiger partial charge in [0.2, 0.25) is 0 Å². The molecule has 0 aliphatic carbocycles. The van der Waals surface area contributed by atoms with Gasteiger partial charge in [0.25, 0.3) is 11.8 Å². The van der Waals surface area contributed by atoms with Crippen LogP contribution in [0.5, 0.6) is 23.0 Å². The molecule has 0 spiro atoms. The number of hydrogen-bond donors (Lipinski definition) is 3. The van der Waals surface area contributed by atoms with E-state index in [1.807, 2.05) is 0 Å². The molecule has 0 radical (unpaired) electrons. The Morgan fingerprint density at radius 1 is 0.805 bits per heavy atom. The number of benzene rings is 2. The summed E-state index contributed by atoms with van der Waals surface area (Å²) < 4.78 is 42.4. The molecular formula is C53H76N6O14S2Si2. The summed E-state index contributed by atoms with van der Waals surface area (Å²) in [4.78, 5) is 73.1. The van der Waals surface area contributed by atoms with Crippen molar-refractivity contribution < 1.29 is 61.7 Å². The Balaban J connectivity index is 1.33. The average Bonchev–Trinajstić information content (AvgIpc) is 3.93. The van der Waals surface area contributed by atoms with Gasteiger partial charge in [-0.15, -0.1) is 0 Å². The topological polar surface area (TPSA) is 240 Å². The molecule has 2 aliphatic heterocycles. The lowest BCUT2D eigenvalue weighted by molar-refractivity contribution is -0.388. The largest absolute Gasteiger partial charge is 0.493 e. The number of hydrogen-bond acceptors (Lipinski definition) is 16. The second-order valence-corrected chi connectivity index (χ2v) is 34.3. The highest BCUT2D eigenvalue weighted by Gasteiger charge is 2.42. The van der Waals surface area contributed by atoms with Gasteiger partial charge in [0.1, 0.15) is 6.61 Å². The van der Waals surface area contributed by atoms with E-state index in [2.05, 4.69) is 96.5 Å². The van der Waals surface area contributed by atoms with Crippen LogP contribution in [0.1, 0.15) is 88.4 Å². The zero-order valence-corrected chi connectivity index (χ0v) is 50.3. The number of ether oxygens (including phenoxy) is 5. The summed E-state index contributed by atoms with van der Waals surface area (Å²) in [6, 6.07) is 8.07. The molecule has 77 heavy (non-hydrogen) atoms. The minimum Gasteiger partial charge on any atom is -0.493 e. The van der Waals surface area contributed by atoms with E-state index >= 15 is 0 Å². The van der Waals surface area contributed by atoms with Crippen molar-refractivity contribution in [2.24, 2.45) is 0 Å². The molecule has 2 aliphatic rings. The van der Waals surface area contributed by atoms with Crippen LogP contribution in [0.3, 0.4) is 0 Å². The molecule has 2 fully saturated rings. The summed E-state index contributed by atoms with van der Waals surface area (Å²) in [5.41, 5.74) is 1.83. The molecule has 0 unspecified atom stereocenters. The highest BCUT2D eigenvalue weighted by molar-refractivity contribution is 8.77. The van der Waals surface area contributed by atoms with Gasteiger partial charge in [-0.1, -0.05) is 76.6 Å². The van der Waals surface area contributed by atoms with Gasteiger partial charge in [-0.25, -0.2) is 14.6 Å². The fourth-order valence-electron chi connectivity index (χ4n) is 7.72. The normalized spacial score (nSPS) is 16.5. The first kappa shape index (κ1) is 62.1. The molecule has 24 heteroatoms. The van der Waals surface area contributed by atoms with E-state index < -0.39 is 45.6 Å². The predicted molar refractivity (Wildman–Crippen MR) is 305 cm³/mol. The molecule has 2 aromatic carbocycles. The summed E-state index contributed by atoms with van der Waals surface area (Å²) in [5.74, 6) is -0.0686. The number of carbonyl (C=O) groups is 4. The molecule has 3 atom stereocenters. The van der Waals surface area contributed by atoms with Gasteiger partial charge in [0.15, 0.2) is 44.7 Å². The van der Waals surface area contributed by atoms with E-state index in [1.165, 1.54) is 67.6 Å². The smallest absolute Gasteiger partial charge is 0.411 e. The van der Waals surface area contributed by atoms with E-state index in [0.717, 1.165) is 21.9 Å². The number of anilines is 2. The van der Waals surface area contributed by atoms with Gasteiger partial charge in [0, 0.05) is 49.2 Å². The van der Waals surface area contributed by atoms with E-state index in [-0.39, 0.29) is 123 Å². The molecule has 4 amide bonds. The van der Waals surface area contributed by atoms with Crippen LogP contribution in [0, 0.1) is 10.1 Å².